The van der Waals surface area contributed by atoms with Gasteiger partial charge in [-0.05, 0) is 25.8 Å². The molecule has 0 saturated carbocycles. The number of aliphatic hydroxyl groups excluding tert-OH is 1. The number of carbonyl (C=O) groups excluding carboxylic acids is 2. The summed E-state index contributed by atoms with van der Waals surface area (Å²) in [5.41, 5.74) is 1.31. The van der Waals surface area contributed by atoms with E-state index in [4.69, 9.17) is 5.11 Å². The molecule has 2 aromatic rings. The van der Waals surface area contributed by atoms with Gasteiger partial charge >= 0.3 is 5.97 Å². The molecule has 3 rings (SSSR count). The smallest absolute Gasteiger partial charge is 0.303 e. The van der Waals surface area contributed by atoms with Crippen LogP contribution in [0.5, 0.6) is 0 Å². The van der Waals surface area contributed by atoms with Crippen LogP contribution >= 0.6 is 0 Å². The standard InChI is InChI=1S/C24H24FNO5/c1-15-10-12-16(13-11-15)22(29)20-21(17-7-4-5-8-18(17)25)26(24(31)23(20)30)14-6-2-3-9-19(27)28/h4-5,7-8,10-13,21,29H,2-3,6,9,14H2,1H3,(H,27,28)/t21-/m0/s1. The molecule has 0 spiro atoms. The van der Waals surface area contributed by atoms with Gasteiger partial charge in [0, 0.05) is 24.1 Å². The van der Waals surface area contributed by atoms with Crippen molar-refractivity contribution in [3.63, 3.8) is 0 Å². The number of halogens is 1. The molecule has 6 nitrogen and oxygen atoms in total. The van der Waals surface area contributed by atoms with Gasteiger partial charge in [0.1, 0.15) is 11.6 Å². The third-order valence-electron chi connectivity index (χ3n) is 5.35. The Morgan fingerprint density at radius 1 is 1.00 bits per heavy atom. The van der Waals surface area contributed by atoms with Crippen molar-refractivity contribution in [3.8, 4) is 0 Å². The quantitative estimate of drug-likeness (QED) is 0.286. The molecule has 0 radical (unpaired) electrons. The predicted molar refractivity (Wildman–Crippen MR) is 113 cm³/mol. The number of aliphatic hydroxyl groups is 1. The zero-order valence-electron chi connectivity index (χ0n) is 17.2. The first-order valence-corrected chi connectivity index (χ1v) is 10.1. The van der Waals surface area contributed by atoms with Crippen LogP contribution in [0.3, 0.4) is 0 Å². The molecule has 1 atom stereocenters. The molecule has 0 aromatic heterocycles. The van der Waals surface area contributed by atoms with E-state index in [9.17, 15) is 23.9 Å². The summed E-state index contributed by atoms with van der Waals surface area (Å²) in [7, 11) is 0. The second-order valence-corrected chi connectivity index (χ2v) is 7.58. The Labute approximate surface area is 179 Å². The number of unbranched alkanes of at least 4 members (excludes halogenated alkanes) is 2. The Balaban J connectivity index is 1.99. The first-order valence-electron chi connectivity index (χ1n) is 10.1. The normalized spacial score (nSPS) is 17.9. The largest absolute Gasteiger partial charge is 0.507 e. The summed E-state index contributed by atoms with van der Waals surface area (Å²) in [6.07, 6.45) is 1.45. The van der Waals surface area contributed by atoms with Crippen molar-refractivity contribution in [2.45, 2.75) is 38.6 Å². The minimum Gasteiger partial charge on any atom is -0.507 e. The molecule has 31 heavy (non-hydrogen) atoms. The van der Waals surface area contributed by atoms with E-state index in [0.717, 1.165) is 5.56 Å². The lowest BCUT2D eigenvalue weighted by Gasteiger charge is -2.25. The van der Waals surface area contributed by atoms with Crippen LogP contribution in [0.4, 0.5) is 4.39 Å². The fourth-order valence-corrected chi connectivity index (χ4v) is 3.73. The van der Waals surface area contributed by atoms with Gasteiger partial charge < -0.3 is 15.1 Å². The molecule has 2 N–H and O–H groups in total. The highest BCUT2D eigenvalue weighted by Crippen LogP contribution is 2.40. The van der Waals surface area contributed by atoms with Gasteiger partial charge in [-0.2, -0.15) is 0 Å². The lowest BCUT2D eigenvalue weighted by molar-refractivity contribution is -0.140. The van der Waals surface area contributed by atoms with Gasteiger partial charge in [0.05, 0.1) is 11.6 Å². The summed E-state index contributed by atoms with van der Waals surface area (Å²) < 4.78 is 14.7. The molecule has 0 aliphatic carbocycles. The maximum Gasteiger partial charge on any atom is 0.303 e. The summed E-state index contributed by atoms with van der Waals surface area (Å²) in [5, 5.41) is 19.7. The highest BCUT2D eigenvalue weighted by molar-refractivity contribution is 6.46. The molecule has 1 heterocycles. The number of benzene rings is 2. The molecule has 0 unspecified atom stereocenters. The molecule has 1 aliphatic rings. The molecule has 7 heteroatoms. The SMILES string of the molecule is Cc1ccc(C(O)=C2C(=O)C(=O)N(CCCCCC(=O)O)[C@H]2c2ccccc2F)cc1. The van der Waals surface area contributed by atoms with Crippen LogP contribution in [0.1, 0.15) is 48.4 Å². The van der Waals surface area contributed by atoms with Gasteiger partial charge in [-0.3, -0.25) is 14.4 Å². The molecule has 2 aromatic carbocycles. The first-order chi connectivity index (χ1) is 14.8. The number of aryl methyl sites for hydroxylation is 1. The van der Waals surface area contributed by atoms with Gasteiger partial charge in [0.2, 0.25) is 0 Å². The number of hydrogen-bond acceptors (Lipinski definition) is 4. The number of carboxylic acids is 1. The predicted octanol–water partition coefficient (Wildman–Crippen LogP) is 4.20. The first kappa shape index (κ1) is 22.2. The molecular formula is C24H24FNO5. The maximum atomic E-state index is 14.7. The van der Waals surface area contributed by atoms with E-state index in [-0.39, 0.29) is 29.9 Å². The highest BCUT2D eigenvalue weighted by Gasteiger charge is 2.46. The van der Waals surface area contributed by atoms with Crippen LogP contribution in [0, 0.1) is 12.7 Å². The van der Waals surface area contributed by atoms with Crippen molar-refractivity contribution < 1.29 is 29.0 Å². The van der Waals surface area contributed by atoms with Crippen LogP contribution in [-0.2, 0) is 14.4 Å². The average molecular weight is 425 g/mol. The summed E-state index contributed by atoms with van der Waals surface area (Å²) >= 11 is 0. The fourth-order valence-electron chi connectivity index (χ4n) is 3.73. The van der Waals surface area contributed by atoms with E-state index >= 15 is 0 Å². The number of amides is 1. The molecule has 1 saturated heterocycles. The fraction of sp³-hybridized carbons (Fsp3) is 0.292. The second-order valence-electron chi connectivity index (χ2n) is 7.58. The van der Waals surface area contributed by atoms with Crippen LogP contribution in [0.25, 0.3) is 5.76 Å². The number of carboxylic acid groups (broad SMARTS) is 1. The van der Waals surface area contributed by atoms with Gasteiger partial charge in [0.15, 0.2) is 0 Å². The number of ketones is 1. The van der Waals surface area contributed by atoms with Gasteiger partial charge in [-0.1, -0.05) is 54.4 Å². The van der Waals surface area contributed by atoms with Crippen molar-refractivity contribution >= 4 is 23.4 Å². The lowest BCUT2D eigenvalue weighted by atomic mass is 9.94. The lowest BCUT2D eigenvalue weighted by Crippen LogP contribution is -2.31. The Hall–Kier alpha value is -3.48. The van der Waals surface area contributed by atoms with Crippen LogP contribution in [0.2, 0.25) is 0 Å². The summed E-state index contributed by atoms with van der Waals surface area (Å²) in [5.74, 6) is -3.50. The molecule has 162 valence electrons. The summed E-state index contributed by atoms with van der Waals surface area (Å²) in [4.78, 5) is 37.6. The molecule has 1 fully saturated rings. The second kappa shape index (κ2) is 9.55. The number of nitrogens with zero attached hydrogens (tertiary/aromatic N) is 1. The van der Waals surface area contributed by atoms with E-state index in [2.05, 4.69) is 0 Å². The number of aliphatic carboxylic acids is 1. The summed E-state index contributed by atoms with van der Waals surface area (Å²) in [6.45, 7) is 2.03. The minimum atomic E-state index is -1.05. The number of likely N-dealkylation sites (tertiary alicyclic amines) is 1. The molecule has 1 aliphatic heterocycles. The minimum absolute atomic E-state index is 0.0168. The van der Waals surface area contributed by atoms with Crippen LogP contribution < -0.4 is 0 Å². The van der Waals surface area contributed by atoms with Gasteiger partial charge in [0.25, 0.3) is 11.7 Å². The van der Waals surface area contributed by atoms with Crippen LogP contribution in [0.15, 0.2) is 54.1 Å². The number of carbonyl (C=O) groups is 3. The maximum absolute atomic E-state index is 14.7. The van der Waals surface area contributed by atoms with Gasteiger partial charge in [-0.25, -0.2) is 4.39 Å². The highest BCUT2D eigenvalue weighted by atomic mass is 19.1. The van der Waals surface area contributed by atoms with Crippen molar-refractivity contribution in [3.05, 3.63) is 76.6 Å². The third-order valence-corrected chi connectivity index (χ3v) is 5.35. The van der Waals surface area contributed by atoms with E-state index in [1.165, 1.54) is 23.1 Å². The topological polar surface area (TPSA) is 94.9 Å². The molecule has 0 bridgehead atoms. The monoisotopic (exact) mass is 425 g/mol. The number of Topliss-reactive ketones (excluding diaryl/α,β-unsaturated/α-hetero) is 1. The van der Waals surface area contributed by atoms with E-state index in [1.807, 2.05) is 6.92 Å². The van der Waals surface area contributed by atoms with Crippen molar-refractivity contribution in [2.24, 2.45) is 0 Å². The zero-order chi connectivity index (χ0) is 22.5. The number of hydrogen-bond donors (Lipinski definition) is 2. The van der Waals surface area contributed by atoms with Crippen LogP contribution in [-0.4, -0.2) is 39.3 Å². The average Bonchev–Trinajstić information content (AvgIpc) is 2.98. The Bertz CT molecular complexity index is 1030. The van der Waals surface area contributed by atoms with Gasteiger partial charge in [-0.15, -0.1) is 0 Å². The Kier molecular flexibility index (Phi) is 6.84. The zero-order valence-corrected chi connectivity index (χ0v) is 17.2. The molecule has 1 amide bonds. The van der Waals surface area contributed by atoms with Crippen molar-refractivity contribution in [2.75, 3.05) is 6.54 Å². The third kappa shape index (κ3) is 4.82. The number of rotatable bonds is 8. The van der Waals surface area contributed by atoms with Crippen molar-refractivity contribution in [1.29, 1.82) is 0 Å². The summed E-state index contributed by atoms with van der Waals surface area (Å²) in [6, 6.07) is 11.6. The Morgan fingerprint density at radius 3 is 2.32 bits per heavy atom. The van der Waals surface area contributed by atoms with E-state index < -0.39 is 29.5 Å². The van der Waals surface area contributed by atoms with E-state index in [0.29, 0.717) is 24.8 Å². The van der Waals surface area contributed by atoms with Crippen molar-refractivity contribution in [1.82, 2.24) is 4.90 Å². The molecular weight excluding hydrogens is 401 g/mol. The Morgan fingerprint density at radius 2 is 1.68 bits per heavy atom. The van der Waals surface area contributed by atoms with E-state index in [1.54, 1.807) is 30.3 Å².